The lowest BCUT2D eigenvalue weighted by Crippen LogP contribution is -2.33. The van der Waals surface area contributed by atoms with Crippen LogP contribution >= 0.6 is 0 Å². The predicted octanol–water partition coefficient (Wildman–Crippen LogP) is 2.69. The molecule has 1 N–H and O–H groups in total. The molecular formula is C21H16N2O3. The molecule has 1 aromatic heterocycles. The SMILES string of the molecule is Cc1ccc2c(c1C)=NC(=O)C(=Cc1nc(-c3ccccc3)oc1O)C=2. The summed E-state index contributed by atoms with van der Waals surface area (Å²) in [5, 5.41) is 11.6. The van der Waals surface area contributed by atoms with Gasteiger partial charge in [0.05, 0.1) is 5.36 Å². The van der Waals surface area contributed by atoms with E-state index in [1.54, 1.807) is 6.08 Å². The van der Waals surface area contributed by atoms with Crippen molar-refractivity contribution >= 4 is 18.1 Å². The Morgan fingerprint density at radius 2 is 1.85 bits per heavy atom. The lowest BCUT2D eigenvalue weighted by Gasteiger charge is -2.06. The molecule has 5 nitrogen and oxygen atoms in total. The molecule has 2 heterocycles. The van der Waals surface area contributed by atoms with Gasteiger partial charge < -0.3 is 9.52 Å². The van der Waals surface area contributed by atoms with Gasteiger partial charge in [0.15, 0.2) is 0 Å². The van der Waals surface area contributed by atoms with Crippen molar-refractivity contribution in [1.82, 2.24) is 4.98 Å². The first-order valence-electron chi connectivity index (χ1n) is 8.21. The van der Waals surface area contributed by atoms with E-state index in [0.29, 0.717) is 16.8 Å². The summed E-state index contributed by atoms with van der Waals surface area (Å²) in [4.78, 5) is 20.9. The van der Waals surface area contributed by atoms with Crippen LogP contribution in [0.2, 0.25) is 0 Å². The lowest BCUT2D eigenvalue weighted by atomic mass is 10.0. The fraction of sp³-hybridized carbons (Fsp3) is 0.0952. The second kappa shape index (κ2) is 6.11. The van der Waals surface area contributed by atoms with E-state index in [1.165, 1.54) is 6.08 Å². The molecule has 0 saturated carbocycles. The molecule has 4 rings (SSSR count). The first-order chi connectivity index (χ1) is 12.5. The van der Waals surface area contributed by atoms with Crippen LogP contribution < -0.4 is 10.6 Å². The molecule has 1 aliphatic heterocycles. The predicted molar refractivity (Wildman–Crippen MR) is 97.7 cm³/mol. The number of hydrogen-bond acceptors (Lipinski definition) is 4. The molecule has 128 valence electrons. The van der Waals surface area contributed by atoms with Gasteiger partial charge in [0.2, 0.25) is 5.89 Å². The number of oxazole rings is 1. The van der Waals surface area contributed by atoms with Crippen LogP contribution in [0.25, 0.3) is 23.6 Å². The monoisotopic (exact) mass is 344 g/mol. The molecule has 0 atom stereocenters. The van der Waals surface area contributed by atoms with Gasteiger partial charge in [0.25, 0.3) is 5.91 Å². The van der Waals surface area contributed by atoms with Crippen molar-refractivity contribution in [3.8, 4) is 17.4 Å². The average molecular weight is 344 g/mol. The van der Waals surface area contributed by atoms with Crippen molar-refractivity contribution < 1.29 is 14.3 Å². The Bertz CT molecular complexity index is 1170. The Morgan fingerprint density at radius 1 is 1.08 bits per heavy atom. The van der Waals surface area contributed by atoms with Crippen LogP contribution in [-0.2, 0) is 4.79 Å². The average Bonchev–Trinajstić information content (AvgIpc) is 3.01. The molecule has 1 aliphatic rings. The van der Waals surface area contributed by atoms with Crippen molar-refractivity contribution in [2.45, 2.75) is 13.8 Å². The number of hydrogen-bond donors (Lipinski definition) is 1. The van der Waals surface area contributed by atoms with Gasteiger partial charge in [-0.3, -0.25) is 4.79 Å². The van der Waals surface area contributed by atoms with Gasteiger partial charge in [0, 0.05) is 16.4 Å². The fourth-order valence-corrected chi connectivity index (χ4v) is 2.86. The molecular weight excluding hydrogens is 328 g/mol. The number of aryl methyl sites for hydroxylation is 1. The highest BCUT2D eigenvalue weighted by Crippen LogP contribution is 2.28. The number of aromatic nitrogens is 1. The van der Waals surface area contributed by atoms with Gasteiger partial charge in [-0.25, -0.2) is 9.98 Å². The van der Waals surface area contributed by atoms with E-state index in [0.717, 1.165) is 21.9 Å². The zero-order chi connectivity index (χ0) is 18.3. The maximum absolute atomic E-state index is 12.4. The highest BCUT2D eigenvalue weighted by atomic mass is 16.5. The van der Waals surface area contributed by atoms with E-state index in [4.69, 9.17) is 4.42 Å². The molecule has 0 saturated heterocycles. The number of amides is 1. The highest BCUT2D eigenvalue weighted by Gasteiger charge is 2.17. The van der Waals surface area contributed by atoms with E-state index in [2.05, 4.69) is 9.98 Å². The van der Waals surface area contributed by atoms with Crippen LogP contribution in [0.1, 0.15) is 16.8 Å². The summed E-state index contributed by atoms with van der Waals surface area (Å²) >= 11 is 0. The zero-order valence-electron chi connectivity index (χ0n) is 14.4. The smallest absolute Gasteiger partial charge is 0.310 e. The summed E-state index contributed by atoms with van der Waals surface area (Å²) in [6, 6.07) is 13.2. The molecule has 0 fully saturated rings. The molecule has 5 heteroatoms. The Balaban J connectivity index is 1.80. The Kier molecular flexibility index (Phi) is 3.77. The van der Waals surface area contributed by atoms with E-state index in [1.807, 2.05) is 56.3 Å². The maximum Gasteiger partial charge on any atom is 0.310 e. The number of carbonyl (C=O) groups is 1. The van der Waals surface area contributed by atoms with Crippen LogP contribution in [0, 0.1) is 13.8 Å². The van der Waals surface area contributed by atoms with Crippen LogP contribution in [0.15, 0.2) is 57.4 Å². The molecule has 0 bridgehead atoms. The Hall–Kier alpha value is -3.47. The quantitative estimate of drug-likeness (QED) is 0.725. The normalized spacial score (nSPS) is 14.7. The summed E-state index contributed by atoms with van der Waals surface area (Å²) in [5.41, 5.74) is 3.37. The van der Waals surface area contributed by atoms with Crippen molar-refractivity contribution in [3.05, 3.63) is 75.4 Å². The molecule has 0 unspecified atom stereocenters. The number of fused-ring (bicyclic) bond motifs is 1. The highest BCUT2D eigenvalue weighted by molar-refractivity contribution is 6.07. The molecule has 0 spiro atoms. The molecule has 1 amide bonds. The summed E-state index contributed by atoms with van der Waals surface area (Å²) < 4.78 is 5.33. The number of carbonyl (C=O) groups excluding carboxylic acids is 1. The largest absolute Gasteiger partial charge is 0.479 e. The molecule has 26 heavy (non-hydrogen) atoms. The molecule has 0 aliphatic carbocycles. The van der Waals surface area contributed by atoms with E-state index in [-0.39, 0.29) is 17.5 Å². The van der Waals surface area contributed by atoms with Crippen LogP contribution in [0.5, 0.6) is 5.95 Å². The van der Waals surface area contributed by atoms with Gasteiger partial charge in [0.1, 0.15) is 5.69 Å². The zero-order valence-corrected chi connectivity index (χ0v) is 14.4. The van der Waals surface area contributed by atoms with Crippen molar-refractivity contribution in [1.29, 1.82) is 0 Å². The lowest BCUT2D eigenvalue weighted by molar-refractivity contribution is -0.114. The van der Waals surface area contributed by atoms with Gasteiger partial charge >= 0.3 is 5.95 Å². The van der Waals surface area contributed by atoms with Crippen molar-refractivity contribution in [3.63, 3.8) is 0 Å². The molecule has 2 aromatic carbocycles. The fourth-order valence-electron chi connectivity index (χ4n) is 2.86. The van der Waals surface area contributed by atoms with Crippen molar-refractivity contribution in [2.24, 2.45) is 4.99 Å². The van der Waals surface area contributed by atoms with Crippen LogP contribution in [0.3, 0.4) is 0 Å². The summed E-state index contributed by atoms with van der Waals surface area (Å²) in [7, 11) is 0. The van der Waals surface area contributed by atoms with Crippen molar-refractivity contribution in [2.75, 3.05) is 0 Å². The maximum atomic E-state index is 12.4. The Labute approximate surface area is 149 Å². The number of benzene rings is 2. The first-order valence-corrected chi connectivity index (χ1v) is 8.21. The van der Waals surface area contributed by atoms with E-state index < -0.39 is 0 Å². The number of aromatic hydroxyl groups is 1. The number of rotatable bonds is 2. The summed E-state index contributed by atoms with van der Waals surface area (Å²) in [6.45, 7) is 3.93. The summed E-state index contributed by atoms with van der Waals surface area (Å²) in [6.07, 6.45) is 3.25. The third kappa shape index (κ3) is 2.73. The third-order valence-corrected chi connectivity index (χ3v) is 4.45. The number of nitrogens with zero attached hydrogens (tertiary/aromatic N) is 2. The summed E-state index contributed by atoms with van der Waals surface area (Å²) in [5.74, 6) is -0.402. The second-order valence-electron chi connectivity index (χ2n) is 6.18. The van der Waals surface area contributed by atoms with E-state index in [9.17, 15) is 9.90 Å². The topological polar surface area (TPSA) is 75.7 Å². The molecule has 0 radical (unpaired) electrons. The van der Waals surface area contributed by atoms with E-state index >= 15 is 0 Å². The van der Waals surface area contributed by atoms with Gasteiger partial charge in [-0.15, -0.1) is 0 Å². The minimum Gasteiger partial charge on any atom is -0.479 e. The third-order valence-electron chi connectivity index (χ3n) is 4.45. The first kappa shape index (κ1) is 16.0. The minimum absolute atomic E-state index is 0.200. The van der Waals surface area contributed by atoms with Gasteiger partial charge in [-0.1, -0.05) is 30.3 Å². The Morgan fingerprint density at radius 3 is 2.62 bits per heavy atom. The van der Waals surface area contributed by atoms with Gasteiger partial charge in [-0.2, -0.15) is 0 Å². The minimum atomic E-state index is -0.366. The van der Waals surface area contributed by atoms with Crippen LogP contribution in [0.4, 0.5) is 0 Å². The molecule has 3 aromatic rings. The second-order valence-corrected chi connectivity index (χ2v) is 6.18. The van der Waals surface area contributed by atoms with Crippen LogP contribution in [-0.4, -0.2) is 16.0 Å². The standard InChI is InChI=1S/C21H16N2O3/c1-12-8-9-15-10-16(19(24)23-18(15)13(12)2)11-17-21(25)26-20(22-17)14-6-4-3-5-7-14/h3-11,25H,1-2H3. The van der Waals surface area contributed by atoms with Gasteiger partial charge in [-0.05, 0) is 49.3 Å².